The molecule has 1 saturated carbocycles. The molecule has 0 radical (unpaired) electrons. The third-order valence-corrected chi connectivity index (χ3v) is 5.81. The fraction of sp³-hybridized carbons (Fsp3) is 0.909. The van der Waals surface area contributed by atoms with Crippen molar-refractivity contribution in [1.82, 2.24) is 8.61 Å². The van der Waals surface area contributed by atoms with Crippen molar-refractivity contribution in [2.45, 2.75) is 31.7 Å². The van der Waals surface area contributed by atoms with Gasteiger partial charge in [-0.1, -0.05) is 18.0 Å². The van der Waals surface area contributed by atoms with Crippen molar-refractivity contribution in [3.63, 3.8) is 0 Å². The molecule has 0 amide bonds. The third kappa shape index (κ3) is 3.40. The molecule has 116 valence electrons. The van der Waals surface area contributed by atoms with Gasteiger partial charge in [0, 0.05) is 19.1 Å². The largest absolute Gasteiger partial charge is 0.409 e. The lowest BCUT2D eigenvalue weighted by Crippen LogP contribution is -2.53. The van der Waals surface area contributed by atoms with Crippen LogP contribution < -0.4 is 5.73 Å². The minimum atomic E-state index is -3.60. The molecular formula is C11H22N4O4S. The van der Waals surface area contributed by atoms with Gasteiger partial charge in [0.05, 0.1) is 19.8 Å². The van der Waals surface area contributed by atoms with Crippen LogP contribution in [-0.2, 0) is 14.9 Å². The molecule has 1 aliphatic heterocycles. The van der Waals surface area contributed by atoms with Crippen LogP contribution in [0.4, 0.5) is 0 Å². The average Bonchev–Trinajstić information content (AvgIpc) is 2.99. The summed E-state index contributed by atoms with van der Waals surface area (Å²) < 4.78 is 33.4. The molecule has 1 heterocycles. The summed E-state index contributed by atoms with van der Waals surface area (Å²) >= 11 is 0. The van der Waals surface area contributed by atoms with E-state index in [1.54, 1.807) is 0 Å². The fourth-order valence-corrected chi connectivity index (χ4v) is 4.50. The fourth-order valence-electron chi connectivity index (χ4n) is 2.71. The molecule has 2 fully saturated rings. The van der Waals surface area contributed by atoms with E-state index in [9.17, 15) is 8.42 Å². The maximum atomic E-state index is 12.7. The molecule has 20 heavy (non-hydrogen) atoms. The molecule has 2 aliphatic rings. The highest BCUT2D eigenvalue weighted by Crippen LogP contribution is 2.27. The van der Waals surface area contributed by atoms with Crippen LogP contribution in [0.1, 0.15) is 25.7 Å². The lowest BCUT2D eigenvalue weighted by atomic mass is 10.2. The minimum Gasteiger partial charge on any atom is -0.409 e. The number of nitrogens with two attached hydrogens (primary N) is 1. The Morgan fingerprint density at radius 3 is 2.50 bits per heavy atom. The molecule has 0 aromatic heterocycles. The summed E-state index contributed by atoms with van der Waals surface area (Å²) in [7, 11) is -3.60. The Labute approximate surface area is 119 Å². The number of nitrogens with zero attached hydrogens (tertiary/aromatic N) is 3. The van der Waals surface area contributed by atoms with Gasteiger partial charge in [0.15, 0.2) is 5.84 Å². The number of hydrogen-bond acceptors (Lipinski definition) is 5. The van der Waals surface area contributed by atoms with Gasteiger partial charge in [0.2, 0.25) is 0 Å². The van der Waals surface area contributed by atoms with E-state index in [4.69, 9.17) is 15.7 Å². The van der Waals surface area contributed by atoms with Crippen LogP contribution >= 0.6 is 0 Å². The lowest BCUT2D eigenvalue weighted by Gasteiger charge is -2.34. The number of ether oxygens (including phenoxy) is 1. The van der Waals surface area contributed by atoms with Gasteiger partial charge in [-0.15, -0.1) is 0 Å². The predicted octanol–water partition coefficient (Wildman–Crippen LogP) is -0.446. The summed E-state index contributed by atoms with van der Waals surface area (Å²) in [5.41, 5.74) is 5.52. The van der Waals surface area contributed by atoms with E-state index < -0.39 is 10.2 Å². The van der Waals surface area contributed by atoms with Crippen molar-refractivity contribution >= 4 is 16.0 Å². The maximum Gasteiger partial charge on any atom is 0.282 e. The lowest BCUT2D eigenvalue weighted by molar-refractivity contribution is 0.0696. The molecule has 3 N–H and O–H groups in total. The highest BCUT2D eigenvalue weighted by Gasteiger charge is 2.37. The summed E-state index contributed by atoms with van der Waals surface area (Å²) in [5.74, 6) is -0.0891. The van der Waals surface area contributed by atoms with Gasteiger partial charge in [-0.3, -0.25) is 0 Å². The van der Waals surface area contributed by atoms with E-state index in [1.807, 2.05) is 0 Å². The molecule has 0 spiro atoms. The zero-order chi connectivity index (χ0) is 14.6. The highest BCUT2D eigenvalue weighted by molar-refractivity contribution is 7.86. The van der Waals surface area contributed by atoms with Crippen LogP contribution in [-0.4, -0.2) is 67.0 Å². The monoisotopic (exact) mass is 306 g/mol. The molecule has 0 aromatic rings. The molecule has 0 atom stereocenters. The zero-order valence-electron chi connectivity index (χ0n) is 11.4. The number of oxime groups is 1. The first-order valence-electron chi connectivity index (χ1n) is 6.87. The SMILES string of the molecule is NC(CN(C1CCCC1)S(=O)(=O)N1CCOCC1)=NO. The second kappa shape index (κ2) is 6.70. The summed E-state index contributed by atoms with van der Waals surface area (Å²) in [6.07, 6.45) is 3.66. The first-order valence-corrected chi connectivity index (χ1v) is 8.26. The van der Waals surface area contributed by atoms with Crippen LogP contribution in [0.2, 0.25) is 0 Å². The van der Waals surface area contributed by atoms with Crippen LogP contribution in [0.5, 0.6) is 0 Å². The van der Waals surface area contributed by atoms with Crippen LogP contribution in [0.15, 0.2) is 5.16 Å². The Balaban J connectivity index is 2.19. The molecule has 8 nitrogen and oxygen atoms in total. The Hall–Kier alpha value is -0.900. The number of amidine groups is 1. The topological polar surface area (TPSA) is 108 Å². The molecule has 0 bridgehead atoms. The van der Waals surface area contributed by atoms with E-state index in [0.717, 1.165) is 25.7 Å². The molecule has 2 rings (SSSR count). The standard InChI is InChI=1S/C11H22N4O4S/c12-11(13-16)9-15(10-3-1-2-4-10)20(17,18)14-5-7-19-8-6-14/h10,16H,1-9H2,(H2,12,13). The van der Waals surface area contributed by atoms with Crippen molar-refractivity contribution < 1.29 is 18.4 Å². The van der Waals surface area contributed by atoms with Crippen LogP contribution in [0.3, 0.4) is 0 Å². The van der Waals surface area contributed by atoms with Crippen molar-refractivity contribution in [2.24, 2.45) is 10.9 Å². The summed E-state index contributed by atoms with van der Waals surface area (Å²) in [4.78, 5) is 0. The van der Waals surface area contributed by atoms with Gasteiger partial charge in [0.1, 0.15) is 0 Å². The van der Waals surface area contributed by atoms with E-state index in [-0.39, 0.29) is 18.4 Å². The first-order chi connectivity index (χ1) is 9.55. The minimum absolute atomic E-state index is 0.0665. The Kier molecular flexibility index (Phi) is 5.19. The first kappa shape index (κ1) is 15.5. The smallest absolute Gasteiger partial charge is 0.282 e. The van der Waals surface area contributed by atoms with Crippen molar-refractivity contribution in [2.75, 3.05) is 32.8 Å². The van der Waals surface area contributed by atoms with E-state index in [0.29, 0.717) is 26.3 Å². The second-order valence-electron chi connectivity index (χ2n) is 5.09. The van der Waals surface area contributed by atoms with Crippen molar-refractivity contribution in [3.8, 4) is 0 Å². The Morgan fingerprint density at radius 1 is 1.35 bits per heavy atom. The second-order valence-corrected chi connectivity index (χ2v) is 6.98. The van der Waals surface area contributed by atoms with E-state index in [2.05, 4.69) is 5.16 Å². The Morgan fingerprint density at radius 2 is 1.95 bits per heavy atom. The van der Waals surface area contributed by atoms with Crippen molar-refractivity contribution in [3.05, 3.63) is 0 Å². The van der Waals surface area contributed by atoms with E-state index >= 15 is 0 Å². The summed E-state index contributed by atoms with van der Waals surface area (Å²) in [6.45, 7) is 1.44. The normalized spacial score (nSPS) is 23.6. The predicted molar refractivity (Wildman–Crippen MR) is 73.7 cm³/mol. The number of morpholine rings is 1. The van der Waals surface area contributed by atoms with Crippen LogP contribution in [0, 0.1) is 0 Å². The Bertz CT molecular complexity index is 441. The maximum absolute atomic E-state index is 12.7. The molecule has 0 aromatic carbocycles. The molecule has 0 unspecified atom stereocenters. The van der Waals surface area contributed by atoms with E-state index in [1.165, 1.54) is 8.61 Å². The van der Waals surface area contributed by atoms with Crippen molar-refractivity contribution in [1.29, 1.82) is 0 Å². The van der Waals surface area contributed by atoms with Gasteiger partial charge >= 0.3 is 0 Å². The number of rotatable bonds is 5. The molecule has 9 heteroatoms. The molecule has 1 saturated heterocycles. The van der Waals surface area contributed by atoms with Crippen LogP contribution in [0.25, 0.3) is 0 Å². The van der Waals surface area contributed by atoms with Gasteiger partial charge in [-0.25, -0.2) is 0 Å². The summed E-state index contributed by atoms with van der Waals surface area (Å²) in [6, 6.07) is -0.0665. The number of hydrogen-bond donors (Lipinski definition) is 2. The quantitative estimate of drug-likeness (QED) is 0.310. The van der Waals surface area contributed by atoms with Gasteiger partial charge in [-0.2, -0.15) is 17.0 Å². The molecular weight excluding hydrogens is 284 g/mol. The van der Waals surface area contributed by atoms with Gasteiger partial charge in [0.25, 0.3) is 10.2 Å². The summed E-state index contributed by atoms with van der Waals surface area (Å²) in [5, 5.41) is 11.6. The average molecular weight is 306 g/mol. The molecule has 1 aliphatic carbocycles. The van der Waals surface area contributed by atoms with Gasteiger partial charge < -0.3 is 15.7 Å². The third-order valence-electron chi connectivity index (χ3n) is 3.77. The highest BCUT2D eigenvalue weighted by atomic mass is 32.2. The zero-order valence-corrected chi connectivity index (χ0v) is 12.3. The van der Waals surface area contributed by atoms with Gasteiger partial charge in [-0.05, 0) is 12.8 Å².